The monoisotopic (exact) mass is 272 g/mol. The van der Waals surface area contributed by atoms with Gasteiger partial charge in [0.15, 0.2) is 6.54 Å². The van der Waals surface area contributed by atoms with E-state index in [-0.39, 0.29) is 5.97 Å². The molecule has 0 radical (unpaired) electrons. The summed E-state index contributed by atoms with van der Waals surface area (Å²) >= 11 is 0. The fourth-order valence-electron chi connectivity index (χ4n) is 1.87. The lowest BCUT2D eigenvalue weighted by Crippen LogP contribution is -2.67. The van der Waals surface area contributed by atoms with Gasteiger partial charge in [-0.15, -0.1) is 0 Å². The van der Waals surface area contributed by atoms with Gasteiger partial charge in [0.05, 0.1) is 41.3 Å². The van der Waals surface area contributed by atoms with E-state index in [0.29, 0.717) is 10.1 Å². The maximum atomic E-state index is 12.0. The Kier molecular flexibility index (Phi) is 5.78. The highest BCUT2D eigenvalue weighted by atomic mass is 16.6. The fourth-order valence-corrected chi connectivity index (χ4v) is 1.87. The van der Waals surface area contributed by atoms with Gasteiger partial charge in [-0.3, -0.25) is 4.48 Å². The van der Waals surface area contributed by atoms with Crippen LogP contribution in [-0.4, -0.2) is 68.5 Å². The van der Waals surface area contributed by atoms with Gasteiger partial charge in [-0.05, 0) is 20.8 Å². The third kappa shape index (κ3) is 4.62. The predicted molar refractivity (Wildman–Crippen MR) is 79.5 cm³/mol. The summed E-state index contributed by atoms with van der Waals surface area (Å²) in [6.45, 7) is 14.3. The molecule has 4 nitrogen and oxygen atoms in total. The van der Waals surface area contributed by atoms with Crippen LogP contribution in [0.5, 0.6) is 0 Å². The fraction of sp³-hybridized carbons (Fsp3) is 0.800. The number of carbonyl (C=O) groups is 1. The highest BCUT2D eigenvalue weighted by molar-refractivity contribution is 5.87. The van der Waals surface area contributed by atoms with Crippen molar-refractivity contribution in [1.82, 2.24) is 0 Å². The first-order valence-corrected chi connectivity index (χ1v) is 6.94. The normalized spacial score (nSPS) is 15.8. The maximum Gasteiger partial charge on any atom is 0.338 e. The molecule has 1 atom stereocenters. The molecule has 0 bridgehead atoms. The van der Waals surface area contributed by atoms with Crippen molar-refractivity contribution in [2.24, 2.45) is 0 Å². The molecule has 0 spiro atoms. The van der Waals surface area contributed by atoms with E-state index in [0.717, 1.165) is 24.1 Å². The Labute approximate surface area is 118 Å². The molecule has 0 saturated carbocycles. The number of quaternary nitrogens is 2. The molecule has 0 heterocycles. The lowest BCUT2D eigenvalue weighted by Gasteiger charge is -2.47. The van der Waals surface area contributed by atoms with Crippen molar-refractivity contribution in [1.29, 1.82) is 0 Å². The van der Waals surface area contributed by atoms with Crippen LogP contribution in [0.25, 0.3) is 0 Å². The van der Waals surface area contributed by atoms with Crippen LogP contribution in [0, 0.1) is 0 Å². The Bertz CT molecular complexity index is 348. The summed E-state index contributed by atoms with van der Waals surface area (Å²) in [7, 11) is 8.51. The van der Waals surface area contributed by atoms with E-state index in [9.17, 15) is 4.79 Å². The van der Waals surface area contributed by atoms with Gasteiger partial charge in [0.25, 0.3) is 5.72 Å². The molecule has 0 amide bonds. The quantitative estimate of drug-likeness (QED) is 0.307. The summed E-state index contributed by atoms with van der Waals surface area (Å²) in [5.41, 5.74) is -0.117. The van der Waals surface area contributed by atoms with E-state index >= 15 is 0 Å². The zero-order valence-electron chi connectivity index (χ0n) is 14.0. The summed E-state index contributed by atoms with van der Waals surface area (Å²) in [6.07, 6.45) is 0. The summed E-state index contributed by atoms with van der Waals surface area (Å²) in [4.78, 5) is 12.0. The molecule has 0 aliphatic heterocycles. The van der Waals surface area contributed by atoms with E-state index in [1.807, 2.05) is 6.92 Å². The molecular weight excluding hydrogens is 240 g/mol. The summed E-state index contributed by atoms with van der Waals surface area (Å²) in [6, 6.07) is 0. The van der Waals surface area contributed by atoms with Gasteiger partial charge < -0.3 is 9.22 Å². The van der Waals surface area contributed by atoms with Gasteiger partial charge in [-0.1, -0.05) is 6.58 Å². The Hall–Kier alpha value is -0.870. The maximum absolute atomic E-state index is 12.0. The van der Waals surface area contributed by atoms with Crippen molar-refractivity contribution in [2.75, 3.05) is 47.8 Å². The zero-order chi connectivity index (χ0) is 15.5. The average Bonchev–Trinajstić information content (AvgIpc) is 2.27. The van der Waals surface area contributed by atoms with Crippen molar-refractivity contribution >= 4 is 5.97 Å². The SMILES string of the molecule is C=C(C)C(=O)OC(C)(C[N+](C)(C)CC)[N+](C)(C)CC. The zero-order valence-corrected chi connectivity index (χ0v) is 14.0. The minimum Gasteiger partial charge on any atom is -0.401 e. The largest absolute Gasteiger partial charge is 0.401 e. The van der Waals surface area contributed by atoms with Gasteiger partial charge in [0, 0.05) is 12.5 Å². The standard InChI is InChI=1S/C15H32N2O2/c1-10-16(6,7)12-15(5,17(8,9)11-2)19-14(18)13(3)4/h3,10-12H2,1-2,4-9H3/q+2. The Morgan fingerprint density at radius 3 is 1.95 bits per heavy atom. The van der Waals surface area contributed by atoms with Crippen LogP contribution >= 0.6 is 0 Å². The summed E-state index contributed by atoms with van der Waals surface area (Å²) in [5.74, 6) is -0.307. The molecule has 0 rings (SSSR count). The summed E-state index contributed by atoms with van der Waals surface area (Å²) < 4.78 is 7.25. The minimum absolute atomic E-state index is 0.307. The Morgan fingerprint density at radius 1 is 1.16 bits per heavy atom. The van der Waals surface area contributed by atoms with E-state index < -0.39 is 5.72 Å². The molecule has 0 saturated heterocycles. The molecule has 112 valence electrons. The van der Waals surface area contributed by atoms with Crippen LogP contribution in [-0.2, 0) is 9.53 Å². The predicted octanol–water partition coefficient (Wildman–Crippen LogP) is 2.01. The summed E-state index contributed by atoms with van der Waals surface area (Å²) in [5, 5.41) is 0. The molecule has 1 unspecified atom stereocenters. The smallest absolute Gasteiger partial charge is 0.338 e. The topological polar surface area (TPSA) is 26.3 Å². The van der Waals surface area contributed by atoms with Gasteiger partial charge in [-0.2, -0.15) is 0 Å². The van der Waals surface area contributed by atoms with Gasteiger partial charge >= 0.3 is 5.97 Å². The number of likely N-dealkylation sites (N-methyl/N-ethyl adjacent to an activating group) is 2. The van der Waals surface area contributed by atoms with E-state index in [4.69, 9.17) is 4.74 Å². The number of hydrogen-bond acceptors (Lipinski definition) is 2. The molecule has 19 heavy (non-hydrogen) atoms. The van der Waals surface area contributed by atoms with Crippen molar-refractivity contribution in [3.63, 3.8) is 0 Å². The Morgan fingerprint density at radius 2 is 1.63 bits per heavy atom. The molecule has 0 aromatic rings. The van der Waals surface area contributed by atoms with E-state index in [1.54, 1.807) is 6.92 Å². The van der Waals surface area contributed by atoms with Crippen LogP contribution in [0.1, 0.15) is 27.7 Å². The number of ether oxygens (including phenoxy) is 1. The number of nitrogens with zero attached hydrogens (tertiary/aromatic N) is 2. The third-order valence-corrected chi connectivity index (χ3v) is 4.31. The second-order valence-electron chi connectivity index (χ2n) is 6.76. The van der Waals surface area contributed by atoms with Crippen LogP contribution in [0.2, 0.25) is 0 Å². The molecule has 0 fully saturated rings. The first kappa shape index (κ1) is 18.1. The minimum atomic E-state index is -0.565. The second-order valence-corrected chi connectivity index (χ2v) is 6.76. The van der Waals surface area contributed by atoms with Crippen molar-refractivity contribution in [3.8, 4) is 0 Å². The lowest BCUT2D eigenvalue weighted by atomic mass is 10.1. The first-order chi connectivity index (χ1) is 8.41. The molecular formula is C15H32N2O2+2. The molecule has 4 heteroatoms. The number of esters is 1. The lowest BCUT2D eigenvalue weighted by molar-refractivity contribution is -1.00. The van der Waals surface area contributed by atoms with Crippen molar-refractivity contribution in [3.05, 3.63) is 12.2 Å². The third-order valence-electron chi connectivity index (χ3n) is 4.31. The van der Waals surface area contributed by atoms with Gasteiger partial charge in [0.1, 0.15) is 0 Å². The first-order valence-electron chi connectivity index (χ1n) is 6.94. The van der Waals surface area contributed by atoms with Gasteiger partial charge in [-0.25, -0.2) is 4.79 Å². The number of rotatable bonds is 7. The molecule has 0 aliphatic carbocycles. The van der Waals surface area contributed by atoms with Crippen LogP contribution in [0.3, 0.4) is 0 Å². The number of hydrogen-bond donors (Lipinski definition) is 0. The van der Waals surface area contributed by atoms with Crippen molar-refractivity contribution < 1.29 is 18.5 Å². The molecule has 0 aromatic carbocycles. The number of carbonyl (C=O) groups excluding carboxylic acids is 1. The molecule has 0 aliphatic rings. The highest BCUT2D eigenvalue weighted by Crippen LogP contribution is 2.26. The second kappa shape index (κ2) is 6.06. The Balaban J connectivity index is 5.37. The van der Waals surface area contributed by atoms with E-state index in [1.165, 1.54) is 0 Å². The van der Waals surface area contributed by atoms with Crippen LogP contribution in [0.15, 0.2) is 12.2 Å². The molecule has 0 aromatic heterocycles. The van der Waals surface area contributed by atoms with Crippen LogP contribution < -0.4 is 0 Å². The highest BCUT2D eigenvalue weighted by Gasteiger charge is 2.49. The van der Waals surface area contributed by atoms with Crippen molar-refractivity contribution in [2.45, 2.75) is 33.4 Å². The van der Waals surface area contributed by atoms with Crippen LogP contribution in [0.4, 0.5) is 0 Å². The van der Waals surface area contributed by atoms with Gasteiger partial charge in [0.2, 0.25) is 0 Å². The average molecular weight is 272 g/mol. The van der Waals surface area contributed by atoms with E-state index in [2.05, 4.69) is 48.6 Å². The molecule has 0 N–H and O–H groups in total.